The molecule has 31 heavy (non-hydrogen) atoms. The molecule has 0 bridgehead atoms. The molecule has 3 fully saturated rings. The van der Waals surface area contributed by atoms with Crippen LogP contribution >= 0.6 is 0 Å². The van der Waals surface area contributed by atoms with Crippen molar-refractivity contribution in [1.82, 2.24) is 9.88 Å². The Labute approximate surface area is 185 Å². The molecule has 1 amide bonds. The molecule has 2 saturated heterocycles. The van der Waals surface area contributed by atoms with Crippen LogP contribution in [0.25, 0.3) is 10.9 Å². The first-order valence-electron chi connectivity index (χ1n) is 12.3. The summed E-state index contributed by atoms with van der Waals surface area (Å²) in [4.78, 5) is 22.6. The Hall–Kier alpha value is -2.30. The van der Waals surface area contributed by atoms with Gasteiger partial charge in [-0.1, -0.05) is 44.2 Å². The second kappa shape index (κ2) is 9.05. The van der Waals surface area contributed by atoms with Crippen LogP contribution in [0.1, 0.15) is 64.2 Å². The summed E-state index contributed by atoms with van der Waals surface area (Å²) >= 11 is 0. The molecular weight excluding hydrogens is 386 g/mol. The molecule has 2 aliphatic heterocycles. The zero-order chi connectivity index (χ0) is 21.2. The number of amides is 1. The van der Waals surface area contributed by atoms with Crippen molar-refractivity contribution in [2.45, 2.75) is 70.3 Å². The van der Waals surface area contributed by atoms with E-state index < -0.39 is 0 Å². The number of hydrogen-bond acceptors (Lipinski definition) is 4. The highest BCUT2D eigenvalue weighted by Gasteiger charge is 2.36. The molecule has 1 saturated carbocycles. The number of fused-ring (bicyclic) bond motifs is 1. The predicted octanol–water partition coefficient (Wildman–Crippen LogP) is 5.12. The Kier molecular flexibility index (Phi) is 6.02. The maximum atomic E-state index is 13.4. The molecule has 1 N–H and O–H groups in total. The van der Waals surface area contributed by atoms with Gasteiger partial charge in [0.05, 0.1) is 0 Å². The molecule has 2 aromatic rings. The van der Waals surface area contributed by atoms with Crippen LogP contribution in [-0.4, -0.2) is 46.6 Å². The van der Waals surface area contributed by atoms with E-state index in [4.69, 9.17) is 4.98 Å². The van der Waals surface area contributed by atoms with Crippen LogP contribution in [0.4, 0.5) is 5.82 Å². The van der Waals surface area contributed by atoms with E-state index in [1.165, 1.54) is 51.4 Å². The molecular formula is C26H35N3O2. The van der Waals surface area contributed by atoms with Crippen molar-refractivity contribution >= 4 is 22.6 Å². The van der Waals surface area contributed by atoms with Gasteiger partial charge in [0.1, 0.15) is 17.1 Å². The van der Waals surface area contributed by atoms with Gasteiger partial charge in [-0.15, -0.1) is 0 Å². The first-order chi connectivity index (χ1) is 15.2. The van der Waals surface area contributed by atoms with E-state index in [9.17, 15) is 9.90 Å². The van der Waals surface area contributed by atoms with Crippen LogP contribution in [0.3, 0.4) is 0 Å². The van der Waals surface area contributed by atoms with Crippen LogP contribution in [0.15, 0.2) is 30.3 Å². The highest BCUT2D eigenvalue weighted by Crippen LogP contribution is 2.34. The molecule has 3 aliphatic rings. The molecule has 1 unspecified atom stereocenters. The number of piperidine rings is 1. The number of likely N-dealkylation sites (tertiary alicyclic amines) is 1. The van der Waals surface area contributed by atoms with E-state index in [1.807, 2.05) is 24.3 Å². The van der Waals surface area contributed by atoms with E-state index in [1.54, 1.807) is 6.07 Å². The van der Waals surface area contributed by atoms with E-state index in [2.05, 4.69) is 9.80 Å². The molecule has 1 aromatic heterocycles. The van der Waals surface area contributed by atoms with Crippen LogP contribution in [-0.2, 0) is 4.79 Å². The molecule has 1 aliphatic carbocycles. The zero-order valence-electron chi connectivity index (χ0n) is 18.5. The smallest absolute Gasteiger partial charge is 0.226 e. The van der Waals surface area contributed by atoms with Gasteiger partial charge in [0.25, 0.3) is 0 Å². The molecule has 5 heteroatoms. The second-order valence-corrected chi connectivity index (χ2v) is 9.85. The Morgan fingerprint density at radius 1 is 0.935 bits per heavy atom. The number of anilines is 1. The van der Waals surface area contributed by atoms with Crippen molar-refractivity contribution in [2.24, 2.45) is 11.8 Å². The summed E-state index contributed by atoms with van der Waals surface area (Å²) in [5.74, 6) is 2.52. The van der Waals surface area contributed by atoms with Gasteiger partial charge in [-0.2, -0.15) is 0 Å². The summed E-state index contributed by atoms with van der Waals surface area (Å²) in [5, 5.41) is 11.1. The topological polar surface area (TPSA) is 56.7 Å². The number of nitrogens with zero attached hydrogens (tertiary/aromatic N) is 3. The number of pyridine rings is 1. The Bertz CT molecular complexity index is 916. The fourth-order valence-corrected chi connectivity index (χ4v) is 6.07. The zero-order valence-corrected chi connectivity index (χ0v) is 18.5. The fourth-order valence-electron chi connectivity index (χ4n) is 6.07. The third-order valence-corrected chi connectivity index (χ3v) is 7.84. The van der Waals surface area contributed by atoms with Crippen LogP contribution < -0.4 is 4.90 Å². The van der Waals surface area contributed by atoms with Gasteiger partial charge in [0, 0.05) is 37.0 Å². The first-order valence-corrected chi connectivity index (χ1v) is 12.3. The number of phenols is 1. The van der Waals surface area contributed by atoms with E-state index >= 15 is 0 Å². The molecule has 3 heterocycles. The normalized spacial score (nSPS) is 23.5. The lowest BCUT2D eigenvalue weighted by Gasteiger charge is -2.36. The summed E-state index contributed by atoms with van der Waals surface area (Å²) < 4.78 is 0. The number of carbonyl (C=O) groups excluding carboxylic acids is 1. The average molecular weight is 422 g/mol. The lowest BCUT2D eigenvalue weighted by Crippen LogP contribution is -2.45. The minimum absolute atomic E-state index is 0.150. The number of carbonyl (C=O) groups is 1. The van der Waals surface area contributed by atoms with Gasteiger partial charge in [-0.25, -0.2) is 4.98 Å². The molecule has 5 rings (SSSR count). The minimum Gasteiger partial charge on any atom is -0.506 e. The monoisotopic (exact) mass is 421 g/mol. The Morgan fingerprint density at radius 3 is 2.55 bits per heavy atom. The van der Waals surface area contributed by atoms with Crippen LogP contribution in [0.5, 0.6) is 5.75 Å². The highest BCUT2D eigenvalue weighted by atomic mass is 16.3. The summed E-state index contributed by atoms with van der Waals surface area (Å²) in [7, 11) is 0. The SMILES string of the molecule is O=C(C1CCN(c2ccc3cccc(O)c3n2)CC1)N1CCCC1CC1CCCCC1. The van der Waals surface area contributed by atoms with Gasteiger partial charge in [-0.05, 0) is 56.2 Å². The van der Waals surface area contributed by atoms with E-state index in [0.29, 0.717) is 17.5 Å². The van der Waals surface area contributed by atoms with Crippen molar-refractivity contribution < 1.29 is 9.90 Å². The Balaban J connectivity index is 1.20. The van der Waals surface area contributed by atoms with Crippen molar-refractivity contribution in [1.29, 1.82) is 0 Å². The number of aromatic hydroxyl groups is 1. The predicted molar refractivity (Wildman–Crippen MR) is 124 cm³/mol. The lowest BCUT2D eigenvalue weighted by atomic mass is 9.84. The summed E-state index contributed by atoms with van der Waals surface area (Å²) in [6.45, 7) is 2.66. The van der Waals surface area contributed by atoms with Gasteiger partial charge in [0.15, 0.2) is 0 Å². The van der Waals surface area contributed by atoms with Gasteiger partial charge in [0.2, 0.25) is 5.91 Å². The van der Waals surface area contributed by atoms with Gasteiger partial charge in [-0.3, -0.25) is 4.79 Å². The number of para-hydroxylation sites is 1. The molecule has 1 atom stereocenters. The number of rotatable bonds is 4. The number of hydrogen-bond donors (Lipinski definition) is 1. The maximum absolute atomic E-state index is 13.4. The number of aromatic nitrogens is 1. The summed E-state index contributed by atoms with van der Waals surface area (Å²) in [6, 6.07) is 10.0. The van der Waals surface area contributed by atoms with Gasteiger partial charge < -0.3 is 14.9 Å². The molecule has 1 aromatic carbocycles. The van der Waals surface area contributed by atoms with E-state index in [-0.39, 0.29) is 11.7 Å². The van der Waals surface area contributed by atoms with Crippen molar-refractivity contribution in [3.05, 3.63) is 30.3 Å². The van der Waals surface area contributed by atoms with Crippen LogP contribution in [0, 0.1) is 11.8 Å². The first kappa shape index (κ1) is 20.6. The van der Waals surface area contributed by atoms with Gasteiger partial charge >= 0.3 is 0 Å². The fraction of sp³-hybridized carbons (Fsp3) is 0.615. The third kappa shape index (κ3) is 4.37. The molecule has 5 nitrogen and oxygen atoms in total. The summed E-state index contributed by atoms with van der Waals surface area (Å²) in [6.07, 6.45) is 12.3. The number of benzene rings is 1. The number of phenolic OH excluding ortho intramolecular Hbond substituents is 1. The average Bonchev–Trinajstić information content (AvgIpc) is 3.27. The Morgan fingerprint density at radius 2 is 1.74 bits per heavy atom. The largest absolute Gasteiger partial charge is 0.506 e. The van der Waals surface area contributed by atoms with Crippen LogP contribution in [0.2, 0.25) is 0 Å². The summed E-state index contributed by atoms with van der Waals surface area (Å²) in [5.41, 5.74) is 0.654. The van der Waals surface area contributed by atoms with Crippen molar-refractivity contribution in [3.8, 4) is 5.75 Å². The molecule has 0 spiro atoms. The van der Waals surface area contributed by atoms with Crippen molar-refractivity contribution in [2.75, 3.05) is 24.5 Å². The quantitative estimate of drug-likeness (QED) is 0.745. The minimum atomic E-state index is 0.150. The second-order valence-electron chi connectivity index (χ2n) is 9.85. The highest BCUT2D eigenvalue weighted by molar-refractivity contribution is 5.85. The maximum Gasteiger partial charge on any atom is 0.226 e. The molecule has 0 radical (unpaired) electrons. The third-order valence-electron chi connectivity index (χ3n) is 7.84. The van der Waals surface area contributed by atoms with E-state index in [0.717, 1.165) is 49.6 Å². The molecule has 166 valence electrons. The lowest BCUT2D eigenvalue weighted by molar-refractivity contribution is -0.137. The van der Waals surface area contributed by atoms with Crippen molar-refractivity contribution in [3.63, 3.8) is 0 Å². The standard InChI is InChI=1S/C26H35N3O2/c30-23-10-4-8-20-11-12-24(27-25(20)23)28-16-13-21(14-17-28)26(31)29-15-5-9-22(29)18-19-6-2-1-3-7-19/h4,8,10-12,19,21-22,30H,1-3,5-7,9,13-18H2.